The second kappa shape index (κ2) is 7.21. The number of aromatic nitrogens is 4. The van der Waals surface area contributed by atoms with Crippen LogP contribution in [0.3, 0.4) is 0 Å². The number of nitrogens with one attached hydrogen (secondary N) is 1. The molecule has 3 aromatic rings. The number of hydrogen-bond acceptors (Lipinski definition) is 5. The van der Waals surface area contributed by atoms with E-state index in [0.717, 1.165) is 30.4 Å². The van der Waals surface area contributed by atoms with Gasteiger partial charge < -0.3 is 0 Å². The molecule has 0 amide bonds. The summed E-state index contributed by atoms with van der Waals surface area (Å²) in [4.78, 5) is 8.94. The normalized spacial score (nSPS) is 18.5. The van der Waals surface area contributed by atoms with E-state index in [4.69, 9.17) is 0 Å². The SMILES string of the molecule is Cc1ccccc1S(=O)(=O)N1CCCCC1c1nc(-c2ccncc2)n[nH]1. The van der Waals surface area contributed by atoms with Crippen LogP contribution in [-0.4, -0.2) is 39.4 Å². The summed E-state index contributed by atoms with van der Waals surface area (Å²) < 4.78 is 28.2. The maximum Gasteiger partial charge on any atom is 0.244 e. The Kier molecular flexibility index (Phi) is 4.75. The average Bonchev–Trinajstić information content (AvgIpc) is 3.19. The monoisotopic (exact) mass is 383 g/mol. The summed E-state index contributed by atoms with van der Waals surface area (Å²) in [6.45, 7) is 2.30. The molecule has 1 atom stereocenters. The van der Waals surface area contributed by atoms with Gasteiger partial charge in [0.25, 0.3) is 0 Å². The number of aryl methyl sites for hydroxylation is 1. The van der Waals surface area contributed by atoms with E-state index >= 15 is 0 Å². The first kappa shape index (κ1) is 17.8. The number of piperidine rings is 1. The zero-order chi connectivity index (χ0) is 18.9. The lowest BCUT2D eigenvalue weighted by molar-refractivity contribution is 0.247. The number of aromatic amines is 1. The second-order valence-electron chi connectivity index (χ2n) is 6.67. The van der Waals surface area contributed by atoms with Crippen molar-refractivity contribution in [3.8, 4) is 11.4 Å². The minimum Gasteiger partial charge on any atom is -0.265 e. The zero-order valence-corrected chi connectivity index (χ0v) is 15.9. The van der Waals surface area contributed by atoms with E-state index in [2.05, 4.69) is 20.2 Å². The van der Waals surface area contributed by atoms with Gasteiger partial charge in [0.05, 0.1) is 10.9 Å². The molecule has 1 unspecified atom stereocenters. The zero-order valence-electron chi connectivity index (χ0n) is 15.0. The van der Waals surface area contributed by atoms with Gasteiger partial charge >= 0.3 is 0 Å². The third-order valence-corrected chi connectivity index (χ3v) is 6.96. The van der Waals surface area contributed by atoms with Crippen LogP contribution in [0.2, 0.25) is 0 Å². The molecule has 4 rings (SSSR count). The van der Waals surface area contributed by atoms with Crippen molar-refractivity contribution >= 4 is 10.0 Å². The molecule has 0 radical (unpaired) electrons. The molecule has 1 aliphatic heterocycles. The number of rotatable bonds is 4. The van der Waals surface area contributed by atoms with Crippen LogP contribution in [0.1, 0.15) is 36.7 Å². The van der Waals surface area contributed by atoms with Crippen molar-refractivity contribution in [2.24, 2.45) is 0 Å². The molecule has 1 saturated heterocycles. The first-order valence-corrected chi connectivity index (χ1v) is 10.4. The third kappa shape index (κ3) is 3.38. The van der Waals surface area contributed by atoms with Crippen molar-refractivity contribution in [3.05, 3.63) is 60.2 Å². The highest BCUT2D eigenvalue weighted by atomic mass is 32.2. The van der Waals surface area contributed by atoms with Crippen molar-refractivity contribution in [1.82, 2.24) is 24.5 Å². The second-order valence-corrected chi connectivity index (χ2v) is 8.53. The molecule has 0 spiro atoms. The minimum absolute atomic E-state index is 0.341. The Balaban J connectivity index is 1.70. The Labute approximate surface area is 158 Å². The van der Waals surface area contributed by atoms with Crippen molar-refractivity contribution in [3.63, 3.8) is 0 Å². The summed E-state index contributed by atoms with van der Waals surface area (Å²) in [6.07, 6.45) is 5.88. The number of sulfonamides is 1. The summed E-state index contributed by atoms with van der Waals surface area (Å²) in [6, 6.07) is 10.4. The van der Waals surface area contributed by atoms with Crippen LogP contribution in [0.5, 0.6) is 0 Å². The van der Waals surface area contributed by atoms with Crippen LogP contribution in [0.25, 0.3) is 11.4 Å². The number of pyridine rings is 1. The molecule has 140 valence electrons. The van der Waals surface area contributed by atoms with E-state index < -0.39 is 10.0 Å². The summed E-state index contributed by atoms with van der Waals surface area (Å²) in [5.41, 5.74) is 1.59. The molecule has 27 heavy (non-hydrogen) atoms. The van der Waals surface area contributed by atoms with Gasteiger partial charge in [0.2, 0.25) is 10.0 Å². The van der Waals surface area contributed by atoms with Gasteiger partial charge in [0.15, 0.2) is 5.82 Å². The molecule has 7 nitrogen and oxygen atoms in total. The van der Waals surface area contributed by atoms with Gasteiger partial charge in [0, 0.05) is 24.5 Å². The Morgan fingerprint density at radius 3 is 2.67 bits per heavy atom. The van der Waals surface area contributed by atoms with E-state index in [1.54, 1.807) is 28.8 Å². The minimum atomic E-state index is -3.61. The lowest BCUT2D eigenvalue weighted by atomic mass is 10.0. The van der Waals surface area contributed by atoms with Gasteiger partial charge in [-0.15, -0.1) is 0 Å². The topological polar surface area (TPSA) is 91.8 Å². The van der Waals surface area contributed by atoms with Crippen molar-refractivity contribution in [1.29, 1.82) is 0 Å². The summed E-state index contributed by atoms with van der Waals surface area (Å²) in [5.74, 6) is 1.13. The van der Waals surface area contributed by atoms with Crippen molar-refractivity contribution in [2.75, 3.05) is 6.54 Å². The number of H-pyrrole nitrogens is 1. The van der Waals surface area contributed by atoms with Gasteiger partial charge in [-0.3, -0.25) is 10.1 Å². The van der Waals surface area contributed by atoms with E-state index in [1.807, 2.05) is 31.2 Å². The van der Waals surface area contributed by atoms with E-state index in [1.165, 1.54) is 0 Å². The fraction of sp³-hybridized carbons (Fsp3) is 0.316. The van der Waals surface area contributed by atoms with Gasteiger partial charge in [-0.05, 0) is 43.5 Å². The first-order chi connectivity index (χ1) is 13.1. The quantitative estimate of drug-likeness (QED) is 0.747. The van der Waals surface area contributed by atoms with Gasteiger partial charge in [-0.2, -0.15) is 9.40 Å². The molecule has 1 aromatic carbocycles. The van der Waals surface area contributed by atoms with Crippen LogP contribution in [0.15, 0.2) is 53.7 Å². The van der Waals surface area contributed by atoms with Crippen molar-refractivity contribution < 1.29 is 8.42 Å². The molecule has 0 bridgehead atoms. The maximum absolute atomic E-state index is 13.3. The van der Waals surface area contributed by atoms with Crippen LogP contribution in [-0.2, 0) is 10.0 Å². The molecular formula is C19H21N5O2S. The Hall–Kier alpha value is -2.58. The fourth-order valence-corrected chi connectivity index (χ4v) is 5.38. The number of hydrogen-bond donors (Lipinski definition) is 1. The lowest BCUT2D eigenvalue weighted by Crippen LogP contribution is -2.39. The smallest absolute Gasteiger partial charge is 0.244 e. The Morgan fingerprint density at radius 2 is 1.89 bits per heavy atom. The maximum atomic E-state index is 13.3. The molecule has 2 aromatic heterocycles. The highest BCUT2D eigenvalue weighted by molar-refractivity contribution is 7.89. The molecule has 1 aliphatic rings. The number of nitrogens with zero attached hydrogens (tertiary/aromatic N) is 4. The lowest BCUT2D eigenvalue weighted by Gasteiger charge is -2.33. The number of benzene rings is 1. The molecule has 1 N–H and O–H groups in total. The molecule has 0 saturated carbocycles. The van der Waals surface area contributed by atoms with Crippen LogP contribution in [0, 0.1) is 6.92 Å². The average molecular weight is 383 g/mol. The van der Waals surface area contributed by atoms with Gasteiger partial charge in [-0.25, -0.2) is 13.4 Å². The van der Waals surface area contributed by atoms with Gasteiger partial charge in [-0.1, -0.05) is 24.6 Å². The van der Waals surface area contributed by atoms with E-state index in [-0.39, 0.29) is 6.04 Å². The standard InChI is InChI=1S/C19H21N5O2S/c1-14-6-2-3-8-17(14)27(25,26)24-13-5-4-7-16(24)19-21-18(22-23-19)15-9-11-20-12-10-15/h2-3,6,8-12,16H,4-5,7,13H2,1H3,(H,21,22,23). The van der Waals surface area contributed by atoms with Crippen LogP contribution < -0.4 is 0 Å². The van der Waals surface area contributed by atoms with Crippen LogP contribution >= 0.6 is 0 Å². The van der Waals surface area contributed by atoms with Gasteiger partial charge in [0.1, 0.15) is 5.82 Å². The predicted octanol–water partition coefficient (Wildman–Crippen LogP) is 3.09. The Morgan fingerprint density at radius 1 is 1.11 bits per heavy atom. The fourth-order valence-electron chi connectivity index (χ4n) is 3.49. The molecule has 3 heterocycles. The van der Waals surface area contributed by atoms with Crippen LogP contribution in [0.4, 0.5) is 0 Å². The highest BCUT2D eigenvalue weighted by Crippen LogP contribution is 2.35. The highest BCUT2D eigenvalue weighted by Gasteiger charge is 2.36. The largest absolute Gasteiger partial charge is 0.265 e. The van der Waals surface area contributed by atoms with Crippen molar-refractivity contribution in [2.45, 2.75) is 37.1 Å². The summed E-state index contributed by atoms with van der Waals surface area (Å²) >= 11 is 0. The molecule has 1 fully saturated rings. The first-order valence-electron chi connectivity index (χ1n) is 8.97. The third-order valence-electron chi connectivity index (χ3n) is 4.89. The molecule has 0 aliphatic carbocycles. The predicted molar refractivity (Wildman–Crippen MR) is 101 cm³/mol. The molecule has 8 heteroatoms. The molecular weight excluding hydrogens is 362 g/mol. The van der Waals surface area contributed by atoms with E-state index in [0.29, 0.717) is 23.1 Å². The summed E-state index contributed by atoms with van der Waals surface area (Å²) in [7, 11) is -3.61. The van der Waals surface area contributed by atoms with E-state index in [9.17, 15) is 8.42 Å². The Bertz CT molecular complexity index is 1030. The summed E-state index contributed by atoms with van der Waals surface area (Å²) in [5, 5.41) is 7.24.